The van der Waals surface area contributed by atoms with Crippen LogP contribution in [0.3, 0.4) is 0 Å². The van der Waals surface area contributed by atoms with Gasteiger partial charge in [-0.25, -0.2) is 4.79 Å². The number of nitrogens with zero attached hydrogens (tertiary/aromatic N) is 2. The fraction of sp³-hybridized carbons (Fsp3) is 0.0870. The Bertz CT molecular complexity index is 1290. The number of hydroxylamine groups is 2. The first-order valence-corrected chi connectivity index (χ1v) is 9.40. The molecule has 0 radical (unpaired) electrons. The van der Waals surface area contributed by atoms with Crippen molar-refractivity contribution in [3.8, 4) is 11.8 Å². The lowest BCUT2D eigenvalue weighted by atomic mass is 10.0. The summed E-state index contributed by atoms with van der Waals surface area (Å²) < 4.78 is 38.0. The highest BCUT2D eigenvalue weighted by Crippen LogP contribution is 2.19. The Morgan fingerprint density at radius 3 is 2.48 bits per heavy atom. The normalized spacial score (nSPS) is 11.1. The maximum Gasteiger partial charge on any atom is 0.493 e. The molecule has 168 valence electrons. The highest BCUT2D eigenvalue weighted by atomic mass is 19.4. The lowest BCUT2D eigenvalue weighted by molar-refractivity contribution is -0.227. The van der Waals surface area contributed by atoms with Gasteiger partial charge in [-0.15, -0.1) is 0 Å². The molecular formula is C23H17F3N4O3. The van der Waals surface area contributed by atoms with Crippen molar-refractivity contribution in [3.63, 3.8) is 0 Å². The number of fused-ring (bicyclic) bond motifs is 1. The van der Waals surface area contributed by atoms with Crippen LogP contribution in [0.4, 0.5) is 18.9 Å². The minimum Gasteiger partial charge on any atom is -0.399 e. The lowest BCUT2D eigenvalue weighted by Gasteiger charge is -2.19. The summed E-state index contributed by atoms with van der Waals surface area (Å²) in [7, 11) is 0. The fourth-order valence-corrected chi connectivity index (χ4v) is 2.83. The van der Waals surface area contributed by atoms with Gasteiger partial charge in [0, 0.05) is 16.8 Å². The molecule has 0 atom stereocenters. The first-order chi connectivity index (χ1) is 15.7. The number of anilines is 1. The van der Waals surface area contributed by atoms with Crippen LogP contribution in [0.2, 0.25) is 0 Å². The first-order valence-electron chi connectivity index (χ1n) is 9.40. The van der Waals surface area contributed by atoms with Gasteiger partial charge in [-0.1, -0.05) is 36.1 Å². The van der Waals surface area contributed by atoms with Crippen LogP contribution < -0.4 is 11.6 Å². The van der Waals surface area contributed by atoms with Crippen molar-refractivity contribution in [3.05, 3.63) is 77.4 Å². The van der Waals surface area contributed by atoms with Crippen LogP contribution in [0.1, 0.15) is 21.5 Å². The van der Waals surface area contributed by atoms with E-state index in [4.69, 9.17) is 11.6 Å². The second-order valence-electron chi connectivity index (χ2n) is 6.75. The predicted molar refractivity (Wildman–Crippen MR) is 117 cm³/mol. The number of nitrogens with two attached hydrogens (primary N) is 2. The third-order valence-electron chi connectivity index (χ3n) is 4.33. The molecule has 0 saturated heterocycles. The third kappa shape index (κ3) is 6.01. The lowest BCUT2D eigenvalue weighted by Crippen LogP contribution is -2.39. The molecule has 0 aromatic heterocycles. The van der Waals surface area contributed by atoms with Crippen LogP contribution in [0.15, 0.2) is 65.8 Å². The summed E-state index contributed by atoms with van der Waals surface area (Å²) in [4.78, 5) is 28.2. The van der Waals surface area contributed by atoms with E-state index in [2.05, 4.69) is 21.8 Å². The van der Waals surface area contributed by atoms with Gasteiger partial charge in [0.05, 0.1) is 6.21 Å². The minimum absolute atomic E-state index is 0.0608. The summed E-state index contributed by atoms with van der Waals surface area (Å²) in [5, 5.41) is 5.47. The number of alkyl halides is 3. The van der Waals surface area contributed by atoms with Gasteiger partial charge in [-0.2, -0.15) is 23.3 Å². The molecule has 0 aliphatic carbocycles. The molecule has 33 heavy (non-hydrogen) atoms. The van der Waals surface area contributed by atoms with E-state index >= 15 is 0 Å². The van der Waals surface area contributed by atoms with Crippen LogP contribution in [0.25, 0.3) is 10.8 Å². The van der Waals surface area contributed by atoms with E-state index in [0.717, 1.165) is 16.3 Å². The van der Waals surface area contributed by atoms with Crippen molar-refractivity contribution in [1.82, 2.24) is 5.06 Å². The van der Waals surface area contributed by atoms with Crippen molar-refractivity contribution in [1.29, 1.82) is 0 Å². The van der Waals surface area contributed by atoms with E-state index in [1.54, 1.807) is 24.3 Å². The van der Waals surface area contributed by atoms with Crippen LogP contribution in [-0.2, 0) is 9.63 Å². The zero-order chi connectivity index (χ0) is 24.0. The fourth-order valence-electron chi connectivity index (χ4n) is 2.83. The van der Waals surface area contributed by atoms with Gasteiger partial charge in [0.2, 0.25) is 0 Å². The number of carbonyl (C=O) groups is 2. The molecule has 0 bridgehead atoms. The van der Waals surface area contributed by atoms with Crippen LogP contribution >= 0.6 is 0 Å². The van der Waals surface area contributed by atoms with Gasteiger partial charge < -0.3 is 16.4 Å². The SMILES string of the molecule is N/N=C/c1ccc2cc(C#CCN(OC(=O)C(F)(F)F)C(=O)c3cccc(N)c3)ccc2c1. The quantitative estimate of drug-likeness (QED) is 0.208. The zero-order valence-corrected chi connectivity index (χ0v) is 17.0. The number of hydrazone groups is 1. The van der Waals surface area contributed by atoms with Gasteiger partial charge in [0.25, 0.3) is 5.91 Å². The maximum atomic E-state index is 12.7. The van der Waals surface area contributed by atoms with Crippen molar-refractivity contribution < 1.29 is 27.6 Å². The van der Waals surface area contributed by atoms with E-state index in [-0.39, 0.29) is 16.3 Å². The Morgan fingerprint density at radius 1 is 1.06 bits per heavy atom. The highest BCUT2D eigenvalue weighted by Gasteiger charge is 2.43. The number of hydrogen-bond donors (Lipinski definition) is 2. The molecular weight excluding hydrogens is 437 g/mol. The molecule has 10 heteroatoms. The third-order valence-corrected chi connectivity index (χ3v) is 4.33. The molecule has 0 saturated carbocycles. The first kappa shape index (κ1) is 23.1. The van der Waals surface area contributed by atoms with Crippen molar-refractivity contribution in [2.24, 2.45) is 10.9 Å². The minimum atomic E-state index is -5.28. The number of halogens is 3. The molecule has 1 amide bonds. The van der Waals surface area contributed by atoms with E-state index in [0.29, 0.717) is 5.56 Å². The van der Waals surface area contributed by atoms with Gasteiger partial charge in [0.1, 0.15) is 6.54 Å². The molecule has 0 aliphatic rings. The van der Waals surface area contributed by atoms with E-state index in [9.17, 15) is 22.8 Å². The topological polar surface area (TPSA) is 111 Å². The maximum absolute atomic E-state index is 12.7. The second-order valence-corrected chi connectivity index (χ2v) is 6.75. The summed E-state index contributed by atoms with van der Waals surface area (Å²) >= 11 is 0. The molecule has 3 rings (SSSR count). The summed E-state index contributed by atoms with van der Waals surface area (Å²) in [5.41, 5.74) is 7.12. The van der Waals surface area contributed by atoms with Gasteiger partial charge in [0.15, 0.2) is 0 Å². The number of hydrogen-bond acceptors (Lipinski definition) is 6. The van der Waals surface area contributed by atoms with Gasteiger partial charge in [-0.3, -0.25) is 4.79 Å². The highest BCUT2D eigenvalue weighted by molar-refractivity contribution is 5.95. The molecule has 0 fully saturated rings. The zero-order valence-electron chi connectivity index (χ0n) is 17.0. The van der Waals surface area contributed by atoms with Crippen LogP contribution in [0.5, 0.6) is 0 Å². The molecule has 0 unspecified atom stereocenters. The standard InChI is InChI=1S/C23H17F3N4O3/c24-23(25,26)22(32)33-30(21(31)19-4-1-5-20(27)13-19)10-2-3-15-6-8-18-12-16(14-29-28)7-9-17(18)11-15/h1,4-9,11-14H,10,27-28H2/b29-14+. The van der Waals surface area contributed by atoms with Crippen molar-refractivity contribution >= 4 is 34.6 Å². The summed E-state index contributed by atoms with van der Waals surface area (Å²) in [5.74, 6) is 6.93. The van der Waals surface area contributed by atoms with E-state index in [1.807, 2.05) is 12.1 Å². The summed E-state index contributed by atoms with van der Waals surface area (Å²) in [6.45, 7) is -0.598. The number of nitrogen functional groups attached to an aromatic ring is 1. The molecule has 3 aromatic carbocycles. The Kier molecular flexibility index (Phi) is 6.83. The molecule has 0 aliphatic heterocycles. The average Bonchev–Trinajstić information content (AvgIpc) is 2.77. The number of amides is 1. The Morgan fingerprint density at radius 2 is 1.79 bits per heavy atom. The van der Waals surface area contributed by atoms with Crippen molar-refractivity contribution in [2.75, 3.05) is 12.3 Å². The van der Waals surface area contributed by atoms with Crippen molar-refractivity contribution in [2.45, 2.75) is 6.18 Å². The smallest absolute Gasteiger partial charge is 0.399 e. The molecule has 4 N–H and O–H groups in total. The van der Waals surface area contributed by atoms with Crippen LogP contribution in [-0.4, -0.2) is 35.9 Å². The Balaban J connectivity index is 1.84. The van der Waals surface area contributed by atoms with Gasteiger partial charge >= 0.3 is 12.1 Å². The molecule has 0 heterocycles. The van der Waals surface area contributed by atoms with Crippen LogP contribution in [0, 0.1) is 11.8 Å². The van der Waals surface area contributed by atoms with Gasteiger partial charge in [-0.05, 0) is 52.7 Å². The second kappa shape index (κ2) is 9.74. The largest absolute Gasteiger partial charge is 0.493 e. The number of benzene rings is 3. The molecule has 7 nitrogen and oxygen atoms in total. The Hall–Kier alpha value is -4.52. The predicted octanol–water partition coefficient (Wildman–Crippen LogP) is 3.23. The van der Waals surface area contributed by atoms with E-state index < -0.39 is 24.6 Å². The summed E-state index contributed by atoms with van der Waals surface area (Å²) in [6.07, 6.45) is -3.78. The number of rotatable bonds is 3. The number of carbonyl (C=O) groups excluding carboxylic acids is 2. The Labute approximate surface area is 186 Å². The monoisotopic (exact) mass is 454 g/mol. The van der Waals surface area contributed by atoms with E-state index in [1.165, 1.54) is 30.5 Å². The molecule has 3 aromatic rings. The summed E-state index contributed by atoms with van der Waals surface area (Å²) in [6, 6.07) is 16.3. The molecule has 0 spiro atoms. The average molecular weight is 454 g/mol.